The smallest absolute Gasteiger partial charge is 0.462 e. The average Bonchev–Trinajstić information content (AvgIpc) is 3.41. The van der Waals surface area contributed by atoms with E-state index >= 15 is 0 Å². The molecule has 0 aromatic heterocycles. The number of ether oxygens (including phenoxy) is 2. The molecule has 2 atom stereocenters. The molecule has 2 unspecified atom stereocenters. The summed E-state index contributed by atoms with van der Waals surface area (Å²) in [6.07, 6.45) is 82.1. The fourth-order valence-corrected chi connectivity index (χ4v) is 9.36. The van der Waals surface area contributed by atoms with Crippen LogP contribution in [0, 0.1) is 0 Å². The van der Waals surface area contributed by atoms with E-state index in [1.165, 1.54) is 135 Å². The van der Waals surface area contributed by atoms with Gasteiger partial charge in [0.25, 0.3) is 0 Å². The minimum absolute atomic E-state index is 0.0499. The molecule has 3 N–H and O–H groups in total. The first-order chi connectivity index (χ1) is 37.3. The van der Waals surface area contributed by atoms with E-state index < -0.39 is 32.5 Å². The van der Waals surface area contributed by atoms with Gasteiger partial charge < -0.3 is 20.1 Å². The quantitative estimate of drug-likeness (QED) is 0.0264. The van der Waals surface area contributed by atoms with Gasteiger partial charge in [0.15, 0.2) is 6.10 Å². The molecule has 0 aromatic carbocycles. The van der Waals surface area contributed by atoms with Crippen LogP contribution in [-0.2, 0) is 32.7 Å². The number of carbonyl (C=O) groups is 2. The summed E-state index contributed by atoms with van der Waals surface area (Å²) in [5.41, 5.74) is 5.38. The molecule has 0 radical (unpaired) electrons. The van der Waals surface area contributed by atoms with Gasteiger partial charge in [-0.05, 0) is 89.9 Å². The number of hydrogen-bond acceptors (Lipinski definition) is 8. The predicted octanol–water partition coefficient (Wildman–Crippen LogP) is 20.0. The molecular formula is C66H116NO8P. The van der Waals surface area contributed by atoms with Crippen molar-refractivity contribution >= 4 is 19.8 Å². The van der Waals surface area contributed by atoms with E-state index in [4.69, 9.17) is 24.3 Å². The van der Waals surface area contributed by atoms with Crippen LogP contribution < -0.4 is 5.73 Å². The van der Waals surface area contributed by atoms with Crippen LogP contribution in [-0.4, -0.2) is 49.3 Å². The van der Waals surface area contributed by atoms with Crippen LogP contribution >= 0.6 is 7.82 Å². The van der Waals surface area contributed by atoms with Gasteiger partial charge in [-0.25, -0.2) is 4.57 Å². The number of hydrogen-bond donors (Lipinski definition) is 2. The van der Waals surface area contributed by atoms with E-state index in [0.717, 1.165) is 103 Å². The first-order valence-corrected chi connectivity index (χ1v) is 32.7. The molecule has 0 saturated heterocycles. The number of rotatable bonds is 58. The minimum atomic E-state index is -4.39. The van der Waals surface area contributed by atoms with Crippen molar-refractivity contribution in [3.05, 3.63) is 97.2 Å². The Hall–Kier alpha value is -3.07. The molecule has 0 spiro atoms. The molecule has 0 aliphatic carbocycles. The third-order valence-corrected chi connectivity index (χ3v) is 14.2. The molecule has 0 fully saturated rings. The van der Waals surface area contributed by atoms with Crippen LogP contribution in [0.4, 0.5) is 0 Å². The summed E-state index contributed by atoms with van der Waals surface area (Å²) >= 11 is 0. The molecule has 10 heteroatoms. The van der Waals surface area contributed by atoms with Crippen LogP contribution in [0.15, 0.2) is 97.2 Å². The molecule has 0 aromatic rings. The fraction of sp³-hybridized carbons (Fsp3) is 0.727. The third-order valence-electron chi connectivity index (χ3n) is 13.2. The lowest BCUT2D eigenvalue weighted by Gasteiger charge is -2.19. The third kappa shape index (κ3) is 60.2. The second kappa shape index (κ2) is 61.1. The zero-order valence-electron chi connectivity index (χ0n) is 49.0. The Morgan fingerprint density at radius 3 is 1.08 bits per heavy atom. The maximum absolute atomic E-state index is 12.7. The molecule has 0 amide bonds. The van der Waals surface area contributed by atoms with Gasteiger partial charge in [0.2, 0.25) is 0 Å². The largest absolute Gasteiger partial charge is 0.472 e. The van der Waals surface area contributed by atoms with Crippen LogP contribution in [0.25, 0.3) is 0 Å². The lowest BCUT2D eigenvalue weighted by molar-refractivity contribution is -0.161. The first kappa shape index (κ1) is 72.9. The topological polar surface area (TPSA) is 134 Å². The Labute approximate surface area is 467 Å². The van der Waals surface area contributed by atoms with Crippen molar-refractivity contribution in [2.24, 2.45) is 5.73 Å². The number of unbranched alkanes of at least 4 members (excludes halogenated alkanes) is 29. The maximum Gasteiger partial charge on any atom is 0.472 e. The minimum Gasteiger partial charge on any atom is -0.462 e. The van der Waals surface area contributed by atoms with Crippen LogP contribution in [0.3, 0.4) is 0 Å². The van der Waals surface area contributed by atoms with Crippen molar-refractivity contribution < 1.29 is 37.6 Å². The van der Waals surface area contributed by atoms with Gasteiger partial charge >= 0.3 is 19.8 Å². The van der Waals surface area contributed by atoms with Crippen LogP contribution in [0.5, 0.6) is 0 Å². The first-order valence-electron chi connectivity index (χ1n) is 31.2. The highest BCUT2D eigenvalue weighted by atomic mass is 31.2. The molecule has 9 nitrogen and oxygen atoms in total. The molecule has 0 saturated carbocycles. The van der Waals surface area contributed by atoms with Gasteiger partial charge in [0.1, 0.15) is 6.61 Å². The number of esters is 2. The van der Waals surface area contributed by atoms with E-state index in [1.807, 2.05) is 0 Å². The maximum atomic E-state index is 12.7. The number of carbonyl (C=O) groups excluding carboxylic acids is 2. The normalized spacial score (nSPS) is 13.7. The van der Waals surface area contributed by atoms with Gasteiger partial charge in [-0.2, -0.15) is 0 Å². The lowest BCUT2D eigenvalue weighted by atomic mass is 10.0. The van der Waals surface area contributed by atoms with E-state index in [-0.39, 0.29) is 32.6 Å². The highest BCUT2D eigenvalue weighted by Gasteiger charge is 2.26. The Bertz CT molecular complexity index is 1560. The van der Waals surface area contributed by atoms with Crippen LogP contribution in [0.1, 0.15) is 277 Å². The van der Waals surface area contributed by atoms with Gasteiger partial charge in [0, 0.05) is 19.4 Å². The van der Waals surface area contributed by atoms with Crippen molar-refractivity contribution in [1.82, 2.24) is 0 Å². The Balaban J connectivity index is 3.79. The summed E-state index contributed by atoms with van der Waals surface area (Å²) in [4.78, 5) is 35.1. The van der Waals surface area contributed by atoms with E-state index in [1.54, 1.807) is 0 Å². The molecule has 76 heavy (non-hydrogen) atoms. The van der Waals surface area contributed by atoms with Gasteiger partial charge in [-0.3, -0.25) is 18.6 Å². The Morgan fingerprint density at radius 2 is 0.724 bits per heavy atom. The van der Waals surface area contributed by atoms with Crippen molar-refractivity contribution in [3.63, 3.8) is 0 Å². The number of nitrogens with two attached hydrogens (primary N) is 1. The molecule has 0 aliphatic rings. The second-order valence-corrected chi connectivity index (χ2v) is 22.0. The molecule has 0 heterocycles. The zero-order valence-corrected chi connectivity index (χ0v) is 49.9. The number of phosphoric acid groups is 1. The second-order valence-electron chi connectivity index (χ2n) is 20.5. The Morgan fingerprint density at radius 1 is 0.408 bits per heavy atom. The van der Waals surface area contributed by atoms with E-state index in [9.17, 15) is 19.0 Å². The van der Waals surface area contributed by atoms with E-state index in [0.29, 0.717) is 12.8 Å². The summed E-state index contributed by atoms with van der Waals surface area (Å²) in [5, 5.41) is 0. The van der Waals surface area contributed by atoms with Crippen molar-refractivity contribution in [3.8, 4) is 0 Å². The van der Waals surface area contributed by atoms with Gasteiger partial charge in [-0.1, -0.05) is 272 Å². The molecular weight excluding hydrogens is 966 g/mol. The highest BCUT2D eigenvalue weighted by molar-refractivity contribution is 7.47. The average molecular weight is 1080 g/mol. The summed E-state index contributed by atoms with van der Waals surface area (Å²) in [6, 6.07) is 0. The van der Waals surface area contributed by atoms with E-state index in [2.05, 4.69) is 111 Å². The fourth-order valence-electron chi connectivity index (χ4n) is 8.60. The number of allylic oxidation sites excluding steroid dienone is 16. The van der Waals surface area contributed by atoms with Crippen molar-refractivity contribution in [1.29, 1.82) is 0 Å². The number of phosphoric ester groups is 1. The summed E-state index contributed by atoms with van der Waals surface area (Å²) in [5.74, 6) is -0.838. The highest BCUT2D eigenvalue weighted by Crippen LogP contribution is 2.43. The van der Waals surface area contributed by atoms with Gasteiger partial charge in [-0.15, -0.1) is 0 Å². The summed E-state index contributed by atoms with van der Waals surface area (Å²) in [7, 11) is -4.39. The summed E-state index contributed by atoms with van der Waals surface area (Å²) < 4.78 is 33.0. The molecule has 0 aliphatic heterocycles. The van der Waals surface area contributed by atoms with Crippen LogP contribution in [0.2, 0.25) is 0 Å². The SMILES string of the molecule is CC/C=C\C/C=C\C/C=C\C/C=C\C/C=C\C/C=C\CCCCCCCCCCCCCCCCCCCCCCCCC(=O)OC(COC(=O)CCCCCCC/C=C\C/C=C\CCCC)COP(=O)(O)OCCN. The zero-order chi connectivity index (χ0) is 55.2. The standard InChI is InChI=1S/C66H116NO8P/c1-3-5-7-9-11-13-15-17-19-20-21-22-23-24-25-26-27-28-29-30-31-32-33-34-35-36-37-38-39-40-41-42-43-44-45-47-49-51-53-55-57-59-66(69)75-64(63-74-76(70,71)73-61-60-67)62-72-65(68)58-56-54-52-50-48-46-18-16-14-12-10-8-6-4-2/h5,7,10-13,16-19,21-22,24-25,27-28,64H,3-4,6,8-9,14-15,20,23,26,29-63,67H2,1-2H3,(H,70,71)/b7-5-,12-10-,13-11-,18-16-,19-17-,22-21-,25-24-,28-27-. The monoisotopic (exact) mass is 1080 g/mol. The van der Waals surface area contributed by atoms with Gasteiger partial charge in [0.05, 0.1) is 13.2 Å². The lowest BCUT2D eigenvalue weighted by Crippen LogP contribution is -2.29. The molecule has 0 bridgehead atoms. The molecule has 0 rings (SSSR count). The van der Waals surface area contributed by atoms with Crippen molar-refractivity contribution in [2.45, 2.75) is 283 Å². The molecule has 438 valence electrons. The predicted molar refractivity (Wildman–Crippen MR) is 325 cm³/mol. The summed E-state index contributed by atoms with van der Waals surface area (Å²) in [6.45, 7) is 3.58. The Kier molecular flexibility index (Phi) is 58.7. The van der Waals surface area contributed by atoms with Crippen molar-refractivity contribution in [2.75, 3.05) is 26.4 Å².